The molecule has 18 heavy (non-hydrogen) atoms. The number of carbonyl (C=O) groups is 1. The topological polar surface area (TPSA) is 49.3 Å². The fourth-order valence-electron chi connectivity index (χ4n) is 1.22. The van der Waals surface area contributed by atoms with Gasteiger partial charge in [0.1, 0.15) is 0 Å². The first-order valence-corrected chi connectivity index (χ1v) is 5.95. The zero-order valence-electron chi connectivity index (χ0n) is 11.1. The highest BCUT2D eigenvalue weighted by molar-refractivity contribution is 5.95. The highest BCUT2D eigenvalue weighted by atomic mass is 16.2. The van der Waals surface area contributed by atoms with Gasteiger partial charge in [-0.3, -0.25) is 4.79 Å². The molecule has 0 aliphatic heterocycles. The number of anilines is 1. The smallest absolute Gasteiger partial charge is 0.229 e. The van der Waals surface area contributed by atoms with Crippen molar-refractivity contribution in [2.75, 3.05) is 11.9 Å². The average Bonchev–Trinajstić information content (AvgIpc) is 2.30. The standard InChI is InChI=1S/C15H19NO2/c1-15(2,3)14(18)16-13-10-5-4-8-12(13)9-6-7-11-17/h4-5,8,10,17H,7,11H2,1-3H3,(H,16,18). The molecule has 1 aromatic rings. The number of amides is 1. The van der Waals surface area contributed by atoms with Crippen LogP contribution in [0.4, 0.5) is 5.69 Å². The van der Waals surface area contributed by atoms with Crippen molar-refractivity contribution in [1.29, 1.82) is 0 Å². The van der Waals surface area contributed by atoms with Gasteiger partial charge in [0.15, 0.2) is 0 Å². The molecule has 0 radical (unpaired) electrons. The summed E-state index contributed by atoms with van der Waals surface area (Å²) in [5.41, 5.74) is 1.04. The van der Waals surface area contributed by atoms with E-state index in [4.69, 9.17) is 5.11 Å². The van der Waals surface area contributed by atoms with Crippen LogP contribution in [0.15, 0.2) is 24.3 Å². The normalized spacial score (nSPS) is 10.4. The number of rotatable bonds is 2. The molecular weight excluding hydrogens is 226 g/mol. The number of benzene rings is 1. The van der Waals surface area contributed by atoms with Gasteiger partial charge in [0.25, 0.3) is 0 Å². The Labute approximate surface area is 108 Å². The van der Waals surface area contributed by atoms with Crippen molar-refractivity contribution < 1.29 is 9.90 Å². The van der Waals surface area contributed by atoms with Crippen LogP contribution in [0.5, 0.6) is 0 Å². The first kappa shape index (κ1) is 14.3. The van der Waals surface area contributed by atoms with Gasteiger partial charge in [0, 0.05) is 17.4 Å². The summed E-state index contributed by atoms with van der Waals surface area (Å²) in [6, 6.07) is 7.40. The monoisotopic (exact) mass is 245 g/mol. The van der Waals surface area contributed by atoms with E-state index in [1.165, 1.54) is 0 Å². The average molecular weight is 245 g/mol. The molecule has 3 heteroatoms. The van der Waals surface area contributed by atoms with Gasteiger partial charge in [-0.2, -0.15) is 0 Å². The molecule has 3 nitrogen and oxygen atoms in total. The van der Waals surface area contributed by atoms with Crippen LogP contribution in [0.1, 0.15) is 32.8 Å². The highest BCUT2D eigenvalue weighted by Crippen LogP contribution is 2.19. The summed E-state index contributed by atoms with van der Waals surface area (Å²) < 4.78 is 0. The van der Waals surface area contributed by atoms with Crippen molar-refractivity contribution in [3.8, 4) is 11.8 Å². The summed E-state index contributed by atoms with van der Waals surface area (Å²) in [5.74, 6) is 5.76. The molecule has 0 unspecified atom stereocenters. The second-order valence-corrected chi connectivity index (χ2v) is 5.03. The number of aliphatic hydroxyl groups excluding tert-OH is 1. The summed E-state index contributed by atoms with van der Waals surface area (Å²) >= 11 is 0. The van der Waals surface area contributed by atoms with E-state index in [1.807, 2.05) is 45.0 Å². The molecule has 0 spiro atoms. The molecule has 0 saturated carbocycles. The third-order valence-corrected chi connectivity index (χ3v) is 2.32. The van der Waals surface area contributed by atoms with Crippen LogP contribution < -0.4 is 5.32 Å². The molecule has 0 fully saturated rings. The molecule has 0 aliphatic carbocycles. The van der Waals surface area contributed by atoms with E-state index in [9.17, 15) is 4.79 Å². The zero-order chi connectivity index (χ0) is 13.6. The van der Waals surface area contributed by atoms with Crippen LogP contribution >= 0.6 is 0 Å². The number of hydrogen-bond donors (Lipinski definition) is 2. The molecule has 0 bridgehead atoms. The summed E-state index contributed by atoms with van der Waals surface area (Å²) in [7, 11) is 0. The maximum absolute atomic E-state index is 11.9. The molecule has 0 heterocycles. The van der Waals surface area contributed by atoms with Crippen molar-refractivity contribution in [3.05, 3.63) is 29.8 Å². The predicted molar refractivity (Wildman–Crippen MR) is 73.1 cm³/mol. The van der Waals surface area contributed by atoms with Crippen molar-refractivity contribution in [3.63, 3.8) is 0 Å². The summed E-state index contributed by atoms with van der Waals surface area (Å²) in [5, 5.41) is 11.6. The Kier molecular flexibility index (Phi) is 4.94. The second kappa shape index (κ2) is 6.23. The van der Waals surface area contributed by atoms with Crippen molar-refractivity contribution in [2.45, 2.75) is 27.2 Å². The minimum Gasteiger partial charge on any atom is -0.395 e. The number of nitrogens with one attached hydrogen (secondary N) is 1. The first-order valence-electron chi connectivity index (χ1n) is 5.95. The second-order valence-electron chi connectivity index (χ2n) is 5.03. The van der Waals surface area contributed by atoms with Crippen molar-refractivity contribution in [1.82, 2.24) is 0 Å². The summed E-state index contributed by atoms with van der Waals surface area (Å²) in [6.45, 7) is 5.64. The van der Waals surface area contributed by atoms with E-state index in [2.05, 4.69) is 17.2 Å². The lowest BCUT2D eigenvalue weighted by atomic mass is 9.95. The first-order chi connectivity index (χ1) is 8.45. The van der Waals surface area contributed by atoms with Crippen LogP contribution in [-0.4, -0.2) is 17.6 Å². The van der Waals surface area contributed by atoms with Gasteiger partial charge in [-0.1, -0.05) is 44.7 Å². The minimum atomic E-state index is -0.439. The van der Waals surface area contributed by atoms with Crippen LogP contribution in [-0.2, 0) is 4.79 Å². The molecular formula is C15H19NO2. The van der Waals surface area contributed by atoms with Gasteiger partial charge in [-0.15, -0.1) is 0 Å². The lowest BCUT2D eigenvalue weighted by molar-refractivity contribution is -0.123. The molecule has 0 aromatic heterocycles. The number of aliphatic hydroxyl groups is 1. The summed E-state index contributed by atoms with van der Waals surface area (Å²) in [4.78, 5) is 11.9. The molecule has 0 atom stereocenters. The van der Waals surface area contributed by atoms with Crippen LogP contribution in [0.2, 0.25) is 0 Å². The Balaban J connectivity index is 2.90. The fraction of sp³-hybridized carbons (Fsp3) is 0.400. The lowest BCUT2D eigenvalue weighted by Crippen LogP contribution is -2.27. The Morgan fingerprint density at radius 3 is 2.61 bits per heavy atom. The maximum Gasteiger partial charge on any atom is 0.229 e. The largest absolute Gasteiger partial charge is 0.395 e. The lowest BCUT2D eigenvalue weighted by Gasteiger charge is -2.18. The number of para-hydroxylation sites is 1. The molecule has 96 valence electrons. The SMILES string of the molecule is CC(C)(C)C(=O)Nc1ccccc1C#CCCO. The van der Waals surface area contributed by atoms with E-state index in [-0.39, 0.29) is 12.5 Å². The van der Waals surface area contributed by atoms with Gasteiger partial charge in [-0.05, 0) is 12.1 Å². The van der Waals surface area contributed by atoms with Gasteiger partial charge in [0.2, 0.25) is 5.91 Å². The van der Waals surface area contributed by atoms with E-state index in [0.717, 1.165) is 5.56 Å². The van der Waals surface area contributed by atoms with E-state index < -0.39 is 5.41 Å². The minimum absolute atomic E-state index is 0.0427. The van der Waals surface area contributed by atoms with Crippen LogP contribution in [0, 0.1) is 17.3 Å². The van der Waals surface area contributed by atoms with Crippen molar-refractivity contribution in [2.24, 2.45) is 5.41 Å². The zero-order valence-corrected chi connectivity index (χ0v) is 11.1. The molecule has 2 N–H and O–H groups in total. The molecule has 0 saturated heterocycles. The highest BCUT2D eigenvalue weighted by Gasteiger charge is 2.21. The third-order valence-electron chi connectivity index (χ3n) is 2.32. The van der Waals surface area contributed by atoms with Crippen LogP contribution in [0.25, 0.3) is 0 Å². The Morgan fingerprint density at radius 1 is 1.33 bits per heavy atom. The molecule has 1 aromatic carbocycles. The molecule has 1 rings (SSSR count). The van der Waals surface area contributed by atoms with Gasteiger partial charge in [-0.25, -0.2) is 0 Å². The van der Waals surface area contributed by atoms with E-state index in [1.54, 1.807) is 0 Å². The Bertz CT molecular complexity index is 475. The van der Waals surface area contributed by atoms with Gasteiger partial charge >= 0.3 is 0 Å². The van der Waals surface area contributed by atoms with Crippen molar-refractivity contribution >= 4 is 11.6 Å². The number of carbonyl (C=O) groups excluding carboxylic acids is 1. The summed E-state index contributed by atoms with van der Waals surface area (Å²) in [6.07, 6.45) is 0.432. The quantitative estimate of drug-likeness (QED) is 0.786. The van der Waals surface area contributed by atoms with Gasteiger partial charge < -0.3 is 10.4 Å². The Hall–Kier alpha value is -1.79. The molecule has 0 aliphatic rings. The van der Waals surface area contributed by atoms with E-state index in [0.29, 0.717) is 12.1 Å². The van der Waals surface area contributed by atoms with Crippen LogP contribution in [0.3, 0.4) is 0 Å². The fourth-order valence-corrected chi connectivity index (χ4v) is 1.22. The molecule has 1 amide bonds. The van der Waals surface area contributed by atoms with E-state index >= 15 is 0 Å². The maximum atomic E-state index is 11.9. The number of hydrogen-bond acceptors (Lipinski definition) is 2. The van der Waals surface area contributed by atoms with Gasteiger partial charge in [0.05, 0.1) is 12.3 Å². The Morgan fingerprint density at radius 2 is 2.00 bits per heavy atom. The third kappa shape index (κ3) is 4.23. The predicted octanol–water partition coefficient (Wildman–Crippen LogP) is 2.41.